The number of rotatable bonds is 2. The average Bonchev–Trinajstić information content (AvgIpc) is 3.10. The van der Waals surface area contributed by atoms with E-state index in [-0.39, 0.29) is 0 Å². The van der Waals surface area contributed by atoms with Crippen molar-refractivity contribution in [3.05, 3.63) is 54.7 Å². The van der Waals surface area contributed by atoms with Crippen LogP contribution in [-0.4, -0.2) is 19.4 Å². The van der Waals surface area contributed by atoms with Crippen LogP contribution < -0.4 is 0 Å². The van der Waals surface area contributed by atoms with E-state index in [0.717, 1.165) is 23.1 Å². The molecule has 4 heterocycles. The largest absolute Gasteiger partial charge is 0.346 e. The number of imidazole rings is 1. The van der Waals surface area contributed by atoms with Crippen LogP contribution in [0.4, 0.5) is 0 Å². The minimum absolute atomic E-state index is 0.920. The number of aromatic amines is 1. The second-order valence-corrected chi connectivity index (χ2v) is 4.85. The van der Waals surface area contributed by atoms with E-state index in [1.807, 2.05) is 18.5 Å². The average molecular weight is 262 g/mol. The van der Waals surface area contributed by atoms with Crippen LogP contribution in [-0.2, 0) is 6.42 Å². The van der Waals surface area contributed by atoms with E-state index in [2.05, 4.69) is 50.7 Å². The molecule has 20 heavy (non-hydrogen) atoms. The number of H-pyrrole nitrogens is 1. The smallest absolute Gasteiger partial charge is 0.137 e. The van der Waals surface area contributed by atoms with Crippen LogP contribution in [0.25, 0.3) is 27.8 Å². The number of aryl methyl sites for hydroxylation is 1. The summed E-state index contributed by atoms with van der Waals surface area (Å²) < 4.78 is 2.16. The van der Waals surface area contributed by atoms with Gasteiger partial charge in [0.05, 0.1) is 0 Å². The highest BCUT2D eigenvalue weighted by molar-refractivity contribution is 5.93. The van der Waals surface area contributed by atoms with Crippen LogP contribution in [0.1, 0.15) is 12.6 Å². The number of hydrogen-bond donors (Lipinski definition) is 1. The zero-order valence-electron chi connectivity index (χ0n) is 11.2. The van der Waals surface area contributed by atoms with E-state index in [9.17, 15) is 0 Å². The van der Waals surface area contributed by atoms with Gasteiger partial charge in [-0.3, -0.25) is 0 Å². The van der Waals surface area contributed by atoms with Crippen LogP contribution in [0.3, 0.4) is 0 Å². The monoisotopic (exact) mass is 262 g/mol. The highest BCUT2D eigenvalue weighted by atomic mass is 15.0. The molecule has 0 spiro atoms. The Morgan fingerprint density at radius 3 is 3.05 bits per heavy atom. The summed E-state index contributed by atoms with van der Waals surface area (Å²) in [6, 6.07) is 8.22. The molecule has 0 unspecified atom stereocenters. The minimum Gasteiger partial charge on any atom is -0.346 e. The second kappa shape index (κ2) is 4.20. The van der Waals surface area contributed by atoms with Crippen LogP contribution in [0, 0.1) is 0 Å². The molecule has 0 saturated carbocycles. The van der Waals surface area contributed by atoms with Gasteiger partial charge >= 0.3 is 0 Å². The molecular formula is C16H14N4. The number of fused-ring (bicyclic) bond motifs is 2. The first-order chi connectivity index (χ1) is 9.86. The first-order valence-electron chi connectivity index (χ1n) is 6.75. The lowest BCUT2D eigenvalue weighted by molar-refractivity contribution is 0.996. The van der Waals surface area contributed by atoms with Gasteiger partial charge in [-0.25, -0.2) is 9.97 Å². The fourth-order valence-corrected chi connectivity index (χ4v) is 2.65. The van der Waals surface area contributed by atoms with Gasteiger partial charge in [-0.2, -0.15) is 0 Å². The molecule has 0 aromatic carbocycles. The molecule has 4 heteroatoms. The van der Waals surface area contributed by atoms with E-state index in [4.69, 9.17) is 0 Å². The Bertz CT molecular complexity index is 901. The van der Waals surface area contributed by atoms with Crippen LogP contribution in [0.5, 0.6) is 0 Å². The quantitative estimate of drug-likeness (QED) is 0.601. The molecule has 0 aliphatic heterocycles. The fraction of sp³-hybridized carbons (Fsp3) is 0.125. The van der Waals surface area contributed by atoms with Gasteiger partial charge in [-0.05, 0) is 30.7 Å². The summed E-state index contributed by atoms with van der Waals surface area (Å²) >= 11 is 0. The molecule has 0 amide bonds. The van der Waals surface area contributed by atoms with Gasteiger partial charge in [-0.15, -0.1) is 0 Å². The van der Waals surface area contributed by atoms with Gasteiger partial charge in [0.25, 0.3) is 0 Å². The lowest BCUT2D eigenvalue weighted by Crippen LogP contribution is -1.91. The van der Waals surface area contributed by atoms with E-state index in [1.165, 1.54) is 16.8 Å². The molecule has 4 rings (SSSR count). The number of aromatic nitrogens is 4. The molecule has 1 N–H and O–H groups in total. The molecule has 0 saturated heterocycles. The number of nitrogens with one attached hydrogen (secondary N) is 1. The topological polar surface area (TPSA) is 46.0 Å². The predicted octanol–water partition coefficient (Wildman–Crippen LogP) is 3.44. The fourth-order valence-electron chi connectivity index (χ4n) is 2.65. The van der Waals surface area contributed by atoms with Crippen molar-refractivity contribution in [2.45, 2.75) is 13.3 Å². The molecule has 0 radical (unpaired) electrons. The third-order valence-electron chi connectivity index (χ3n) is 3.71. The number of nitrogens with zero attached hydrogens (tertiary/aromatic N) is 3. The van der Waals surface area contributed by atoms with Crippen LogP contribution in [0.2, 0.25) is 0 Å². The zero-order chi connectivity index (χ0) is 13.5. The first kappa shape index (κ1) is 11.2. The molecule has 98 valence electrons. The second-order valence-electron chi connectivity index (χ2n) is 4.85. The molecular weight excluding hydrogens is 248 g/mol. The van der Waals surface area contributed by atoms with Crippen molar-refractivity contribution in [3.63, 3.8) is 0 Å². The third kappa shape index (κ3) is 1.54. The Labute approximate surface area is 116 Å². The number of pyridine rings is 2. The molecule has 0 bridgehead atoms. The normalized spacial score (nSPS) is 11.4. The summed E-state index contributed by atoms with van der Waals surface area (Å²) in [7, 11) is 0. The van der Waals surface area contributed by atoms with Gasteiger partial charge in [0.2, 0.25) is 0 Å². The van der Waals surface area contributed by atoms with Crippen molar-refractivity contribution >= 4 is 16.7 Å². The van der Waals surface area contributed by atoms with Gasteiger partial charge in [-0.1, -0.05) is 6.92 Å². The lowest BCUT2D eigenvalue weighted by atomic mass is 10.1. The molecule has 0 fully saturated rings. The van der Waals surface area contributed by atoms with E-state index in [1.54, 1.807) is 6.20 Å². The summed E-state index contributed by atoms with van der Waals surface area (Å²) in [5, 5.41) is 1.14. The molecule has 0 atom stereocenters. The summed E-state index contributed by atoms with van der Waals surface area (Å²) in [4.78, 5) is 12.0. The Balaban J connectivity index is 1.97. The summed E-state index contributed by atoms with van der Waals surface area (Å²) in [5.74, 6) is 0. The van der Waals surface area contributed by atoms with Crippen molar-refractivity contribution in [2.24, 2.45) is 0 Å². The lowest BCUT2D eigenvalue weighted by Gasteiger charge is -2.03. The highest BCUT2D eigenvalue weighted by Crippen LogP contribution is 2.27. The van der Waals surface area contributed by atoms with Crippen LogP contribution in [0.15, 0.2) is 49.1 Å². The van der Waals surface area contributed by atoms with Crippen molar-refractivity contribution in [1.29, 1.82) is 0 Å². The van der Waals surface area contributed by atoms with Crippen molar-refractivity contribution in [1.82, 2.24) is 19.4 Å². The molecule has 4 nitrogen and oxygen atoms in total. The molecule has 0 aliphatic rings. The third-order valence-corrected chi connectivity index (χ3v) is 3.71. The molecule has 0 aliphatic carbocycles. The summed E-state index contributed by atoms with van der Waals surface area (Å²) in [5.41, 5.74) is 5.47. The summed E-state index contributed by atoms with van der Waals surface area (Å²) in [6.07, 6.45) is 8.88. The van der Waals surface area contributed by atoms with E-state index in [0.29, 0.717) is 0 Å². The maximum absolute atomic E-state index is 4.42. The van der Waals surface area contributed by atoms with Gasteiger partial charge in [0.1, 0.15) is 11.3 Å². The standard InChI is InChI=1S/C16H14N4/c1-2-12-8-18-15-6-5-11(10-20(12)15)14-9-19-16-13(14)4-3-7-17-16/h3-10H,2H2,1H3,(H,17,19). The Morgan fingerprint density at radius 1 is 1.20 bits per heavy atom. The van der Waals surface area contributed by atoms with E-state index < -0.39 is 0 Å². The SMILES string of the molecule is CCc1cnc2ccc(-c3c[nH]c4ncccc34)cn12. The number of hydrogen-bond acceptors (Lipinski definition) is 2. The van der Waals surface area contributed by atoms with Crippen molar-refractivity contribution < 1.29 is 0 Å². The predicted molar refractivity (Wildman–Crippen MR) is 79.7 cm³/mol. The molecule has 4 aromatic rings. The first-order valence-corrected chi connectivity index (χ1v) is 6.75. The Kier molecular flexibility index (Phi) is 2.36. The van der Waals surface area contributed by atoms with Crippen molar-refractivity contribution in [2.75, 3.05) is 0 Å². The van der Waals surface area contributed by atoms with Crippen LogP contribution >= 0.6 is 0 Å². The van der Waals surface area contributed by atoms with Gasteiger partial charge in [0, 0.05) is 47.0 Å². The van der Waals surface area contributed by atoms with Gasteiger partial charge < -0.3 is 9.38 Å². The maximum atomic E-state index is 4.42. The van der Waals surface area contributed by atoms with Gasteiger partial charge in [0.15, 0.2) is 0 Å². The van der Waals surface area contributed by atoms with E-state index >= 15 is 0 Å². The molecule has 4 aromatic heterocycles. The van der Waals surface area contributed by atoms with Crippen molar-refractivity contribution in [3.8, 4) is 11.1 Å². The minimum atomic E-state index is 0.920. The maximum Gasteiger partial charge on any atom is 0.137 e. The Morgan fingerprint density at radius 2 is 2.15 bits per heavy atom. The Hall–Kier alpha value is -2.62. The zero-order valence-corrected chi connectivity index (χ0v) is 11.2. The summed E-state index contributed by atoms with van der Waals surface area (Å²) in [6.45, 7) is 2.14. The highest BCUT2D eigenvalue weighted by Gasteiger charge is 2.08.